The lowest BCUT2D eigenvalue weighted by atomic mass is 9.68. The molecule has 0 saturated heterocycles. The Morgan fingerprint density at radius 2 is 2.17 bits per heavy atom. The molecule has 2 fully saturated rings. The molecule has 18 heavy (non-hydrogen) atoms. The molecule has 0 amide bonds. The van der Waals surface area contributed by atoms with Crippen LogP contribution in [0.5, 0.6) is 0 Å². The summed E-state index contributed by atoms with van der Waals surface area (Å²) in [6.45, 7) is 8.43. The molecule has 3 rings (SSSR count). The number of aryl methyl sites for hydroxylation is 1. The van der Waals surface area contributed by atoms with E-state index in [-0.39, 0.29) is 0 Å². The highest BCUT2D eigenvalue weighted by Crippen LogP contribution is 2.62. The number of aromatic nitrogens is 1. The van der Waals surface area contributed by atoms with Gasteiger partial charge in [0.2, 0.25) is 0 Å². The molecule has 1 N–H and O–H groups in total. The van der Waals surface area contributed by atoms with Crippen molar-refractivity contribution in [2.24, 2.45) is 23.8 Å². The summed E-state index contributed by atoms with van der Waals surface area (Å²) in [7, 11) is 2.09. The van der Waals surface area contributed by atoms with Gasteiger partial charge in [-0.2, -0.15) is 0 Å². The zero-order valence-corrected chi connectivity index (χ0v) is 12.2. The van der Waals surface area contributed by atoms with Crippen molar-refractivity contribution in [1.82, 2.24) is 9.88 Å². The fraction of sp³-hybridized carbons (Fsp3) is 0.750. The van der Waals surface area contributed by atoms with Crippen LogP contribution in [-0.4, -0.2) is 10.6 Å². The molecule has 3 atom stereocenters. The monoisotopic (exact) mass is 246 g/mol. The minimum atomic E-state index is 0.460. The topological polar surface area (TPSA) is 17.0 Å². The van der Waals surface area contributed by atoms with Gasteiger partial charge in [0.1, 0.15) is 0 Å². The molecule has 1 heterocycles. The van der Waals surface area contributed by atoms with Crippen LogP contribution in [0.25, 0.3) is 0 Å². The maximum Gasteiger partial charge on any atom is 0.0223 e. The Morgan fingerprint density at radius 1 is 1.39 bits per heavy atom. The normalized spacial score (nSPS) is 37.3. The molecule has 2 aliphatic rings. The summed E-state index contributed by atoms with van der Waals surface area (Å²) in [5.74, 6) is 0.927. The van der Waals surface area contributed by atoms with Gasteiger partial charge in [0, 0.05) is 32.0 Å². The van der Waals surface area contributed by atoms with Crippen molar-refractivity contribution in [2.45, 2.75) is 52.6 Å². The van der Waals surface area contributed by atoms with Gasteiger partial charge in [0.25, 0.3) is 0 Å². The number of hydrogen-bond donors (Lipinski definition) is 1. The van der Waals surface area contributed by atoms with E-state index >= 15 is 0 Å². The zero-order valence-electron chi connectivity index (χ0n) is 12.2. The van der Waals surface area contributed by atoms with Crippen LogP contribution in [0.15, 0.2) is 18.5 Å². The largest absolute Gasteiger partial charge is 0.357 e. The third-order valence-corrected chi connectivity index (χ3v) is 5.67. The van der Waals surface area contributed by atoms with E-state index in [0.29, 0.717) is 16.9 Å². The van der Waals surface area contributed by atoms with E-state index < -0.39 is 0 Å². The van der Waals surface area contributed by atoms with E-state index in [4.69, 9.17) is 0 Å². The van der Waals surface area contributed by atoms with E-state index in [1.54, 1.807) is 0 Å². The Balaban J connectivity index is 1.72. The number of nitrogens with one attached hydrogen (secondary N) is 1. The molecule has 1 aromatic heterocycles. The lowest BCUT2D eigenvalue weighted by Gasteiger charge is -2.43. The fourth-order valence-electron chi connectivity index (χ4n) is 4.70. The van der Waals surface area contributed by atoms with Gasteiger partial charge in [-0.3, -0.25) is 0 Å². The van der Waals surface area contributed by atoms with Gasteiger partial charge >= 0.3 is 0 Å². The van der Waals surface area contributed by atoms with Gasteiger partial charge < -0.3 is 9.88 Å². The molecule has 2 nitrogen and oxygen atoms in total. The molecular formula is C16H26N2. The van der Waals surface area contributed by atoms with Crippen molar-refractivity contribution < 1.29 is 0 Å². The van der Waals surface area contributed by atoms with E-state index in [2.05, 4.69) is 56.2 Å². The third kappa shape index (κ3) is 1.73. The van der Waals surface area contributed by atoms with Crippen LogP contribution in [0, 0.1) is 16.7 Å². The number of nitrogens with zero attached hydrogens (tertiary/aromatic N) is 1. The second-order valence-corrected chi connectivity index (χ2v) is 7.41. The average Bonchev–Trinajstić information content (AvgIpc) is 2.89. The second-order valence-electron chi connectivity index (χ2n) is 7.41. The summed E-state index contributed by atoms with van der Waals surface area (Å²) in [6.07, 6.45) is 8.62. The van der Waals surface area contributed by atoms with Gasteiger partial charge in [-0.15, -0.1) is 0 Å². The number of fused-ring (bicyclic) bond motifs is 2. The number of hydrogen-bond acceptors (Lipinski definition) is 1. The molecule has 2 bridgehead atoms. The van der Waals surface area contributed by atoms with Gasteiger partial charge in [-0.05, 0) is 47.6 Å². The van der Waals surface area contributed by atoms with Crippen LogP contribution in [0.2, 0.25) is 0 Å². The quantitative estimate of drug-likeness (QED) is 0.865. The molecule has 3 unspecified atom stereocenters. The molecule has 0 aromatic carbocycles. The maximum atomic E-state index is 3.86. The van der Waals surface area contributed by atoms with Crippen LogP contribution < -0.4 is 5.32 Å². The molecule has 2 heteroatoms. The minimum Gasteiger partial charge on any atom is -0.357 e. The standard InChI is InChI=1S/C16H26N2/c1-15(2)13-5-7-16(3,9-13)14(15)17-10-12-6-8-18(4)11-12/h6,8,11,13-14,17H,5,7,9-10H2,1-4H3. The minimum absolute atomic E-state index is 0.460. The van der Waals surface area contributed by atoms with Crippen LogP contribution >= 0.6 is 0 Å². The first-order valence-electron chi connectivity index (χ1n) is 7.26. The molecule has 0 aliphatic heterocycles. The van der Waals surface area contributed by atoms with E-state index in [0.717, 1.165) is 12.5 Å². The molecule has 2 aliphatic carbocycles. The first-order valence-corrected chi connectivity index (χ1v) is 7.26. The highest BCUT2D eigenvalue weighted by atomic mass is 15.0. The zero-order chi connectivity index (χ0) is 13.0. The SMILES string of the molecule is Cn1ccc(CNC2C3(C)CCC(C3)C2(C)C)c1. The number of rotatable bonds is 3. The second kappa shape index (κ2) is 3.86. The Kier molecular flexibility index (Phi) is 2.64. The van der Waals surface area contributed by atoms with Crippen molar-refractivity contribution in [3.05, 3.63) is 24.0 Å². The van der Waals surface area contributed by atoms with Crippen LogP contribution in [-0.2, 0) is 13.6 Å². The van der Waals surface area contributed by atoms with Crippen LogP contribution in [0.1, 0.15) is 45.6 Å². The molecular weight excluding hydrogens is 220 g/mol. The summed E-state index contributed by atoms with van der Waals surface area (Å²) in [4.78, 5) is 0. The average molecular weight is 246 g/mol. The van der Waals surface area contributed by atoms with E-state index in [9.17, 15) is 0 Å². The highest BCUT2D eigenvalue weighted by molar-refractivity contribution is 5.14. The van der Waals surface area contributed by atoms with Crippen LogP contribution in [0.3, 0.4) is 0 Å². The van der Waals surface area contributed by atoms with Gasteiger partial charge in [0.15, 0.2) is 0 Å². The van der Waals surface area contributed by atoms with E-state index in [1.807, 2.05) is 0 Å². The first-order chi connectivity index (χ1) is 8.42. The molecule has 2 saturated carbocycles. The lowest BCUT2D eigenvalue weighted by Crippen LogP contribution is -2.49. The van der Waals surface area contributed by atoms with E-state index in [1.165, 1.54) is 24.8 Å². The molecule has 1 aromatic rings. The Morgan fingerprint density at radius 3 is 2.72 bits per heavy atom. The maximum absolute atomic E-state index is 3.86. The van der Waals surface area contributed by atoms with Gasteiger partial charge in [0.05, 0.1) is 0 Å². The first kappa shape index (κ1) is 12.3. The smallest absolute Gasteiger partial charge is 0.0223 e. The summed E-state index contributed by atoms with van der Waals surface area (Å²) in [5.41, 5.74) is 2.39. The third-order valence-electron chi connectivity index (χ3n) is 5.67. The predicted molar refractivity (Wildman–Crippen MR) is 75.3 cm³/mol. The fourth-order valence-corrected chi connectivity index (χ4v) is 4.70. The van der Waals surface area contributed by atoms with Crippen molar-refractivity contribution >= 4 is 0 Å². The van der Waals surface area contributed by atoms with Crippen molar-refractivity contribution in [2.75, 3.05) is 0 Å². The highest BCUT2D eigenvalue weighted by Gasteiger charge is 2.58. The molecule has 0 spiro atoms. The van der Waals surface area contributed by atoms with Crippen molar-refractivity contribution in [3.8, 4) is 0 Å². The Bertz CT molecular complexity index is 441. The van der Waals surface area contributed by atoms with Crippen molar-refractivity contribution in [1.29, 1.82) is 0 Å². The Labute approximate surface area is 111 Å². The summed E-state index contributed by atoms with van der Waals surface area (Å²) >= 11 is 0. The summed E-state index contributed by atoms with van der Waals surface area (Å²) < 4.78 is 2.13. The molecule has 0 radical (unpaired) electrons. The van der Waals surface area contributed by atoms with Crippen LogP contribution in [0.4, 0.5) is 0 Å². The summed E-state index contributed by atoms with van der Waals surface area (Å²) in [5, 5.41) is 3.86. The van der Waals surface area contributed by atoms with Gasteiger partial charge in [-0.25, -0.2) is 0 Å². The molecule has 100 valence electrons. The van der Waals surface area contributed by atoms with Crippen molar-refractivity contribution in [3.63, 3.8) is 0 Å². The predicted octanol–water partition coefficient (Wildman–Crippen LogP) is 3.33. The summed E-state index contributed by atoms with van der Waals surface area (Å²) in [6, 6.07) is 2.89. The Hall–Kier alpha value is -0.760. The van der Waals surface area contributed by atoms with Gasteiger partial charge in [-0.1, -0.05) is 20.8 Å². The lowest BCUT2D eigenvalue weighted by molar-refractivity contribution is 0.108.